The molecule has 2 aliphatic rings. The van der Waals surface area contributed by atoms with Crippen molar-refractivity contribution < 1.29 is 9.53 Å². The van der Waals surface area contributed by atoms with Crippen LogP contribution in [0.1, 0.15) is 23.8 Å². The molecule has 1 fully saturated rings. The molecule has 170 valence electrons. The highest BCUT2D eigenvalue weighted by atomic mass is 35.5. The highest BCUT2D eigenvalue weighted by Gasteiger charge is 2.34. The van der Waals surface area contributed by atoms with Gasteiger partial charge in [-0.05, 0) is 55.4 Å². The first-order valence-electron chi connectivity index (χ1n) is 10.9. The van der Waals surface area contributed by atoms with Gasteiger partial charge in [-0.25, -0.2) is 9.97 Å². The maximum atomic E-state index is 13.2. The van der Waals surface area contributed by atoms with E-state index in [0.29, 0.717) is 24.8 Å². The Hall–Kier alpha value is -2.40. The summed E-state index contributed by atoms with van der Waals surface area (Å²) in [5.74, 6) is 0.991. The van der Waals surface area contributed by atoms with Crippen LogP contribution in [0.2, 0.25) is 5.02 Å². The number of amides is 1. The Morgan fingerprint density at radius 3 is 3.12 bits per heavy atom. The predicted octanol–water partition coefficient (Wildman–Crippen LogP) is 4.45. The van der Waals surface area contributed by atoms with Gasteiger partial charge in [-0.15, -0.1) is 16.4 Å². The van der Waals surface area contributed by atoms with Crippen molar-refractivity contribution >= 4 is 72.3 Å². The number of nitrogens with zero attached hydrogens (tertiary/aromatic N) is 5. The lowest BCUT2D eigenvalue weighted by atomic mass is 9.86. The number of rotatable bonds is 3. The van der Waals surface area contributed by atoms with E-state index in [2.05, 4.69) is 31.8 Å². The number of benzene rings is 1. The minimum absolute atomic E-state index is 0.00570. The number of hydrogen-bond donors (Lipinski definition) is 1. The number of morpholine rings is 1. The van der Waals surface area contributed by atoms with Crippen molar-refractivity contribution in [1.29, 1.82) is 0 Å². The molecular weight excluding hydrogens is 480 g/mol. The van der Waals surface area contributed by atoms with Crippen LogP contribution >= 0.6 is 34.5 Å². The van der Waals surface area contributed by atoms with Crippen molar-refractivity contribution in [3.8, 4) is 0 Å². The first kappa shape index (κ1) is 21.2. The molecule has 11 heteroatoms. The van der Waals surface area contributed by atoms with Gasteiger partial charge < -0.3 is 15.0 Å². The van der Waals surface area contributed by atoms with Crippen molar-refractivity contribution in [3.05, 3.63) is 33.9 Å². The van der Waals surface area contributed by atoms with Crippen LogP contribution in [0.3, 0.4) is 0 Å². The van der Waals surface area contributed by atoms with Crippen molar-refractivity contribution in [2.24, 2.45) is 5.92 Å². The van der Waals surface area contributed by atoms with Crippen molar-refractivity contribution in [1.82, 2.24) is 24.5 Å². The van der Waals surface area contributed by atoms with E-state index in [-0.39, 0.29) is 17.9 Å². The molecule has 0 unspecified atom stereocenters. The van der Waals surface area contributed by atoms with Crippen LogP contribution in [0.5, 0.6) is 0 Å². The zero-order valence-electron chi connectivity index (χ0n) is 17.9. The third-order valence-corrected chi connectivity index (χ3v) is 8.60. The maximum Gasteiger partial charge on any atom is 0.226 e. The number of halogens is 1. The summed E-state index contributed by atoms with van der Waals surface area (Å²) in [6.07, 6.45) is 3.98. The molecule has 1 saturated heterocycles. The Morgan fingerprint density at radius 1 is 1.33 bits per heavy atom. The van der Waals surface area contributed by atoms with Crippen LogP contribution in [0.4, 0.5) is 11.5 Å². The van der Waals surface area contributed by atoms with Gasteiger partial charge in [0.05, 0.1) is 40.1 Å². The standard InChI is InChI=1S/C22H21ClN6O2S2/c1-11-9-31-5-4-29(11)22(30)12-2-3-13-17(6-12)32-21-19(13)20(24-10-25-21)26-15-8-18-16(7-14(15)23)27-28-33-18/h7-8,10-12H,2-6,9H2,1H3,(H,24,25,26)/t11-,12+/m1/s1. The summed E-state index contributed by atoms with van der Waals surface area (Å²) >= 11 is 9.49. The number of nitrogens with one attached hydrogen (secondary N) is 1. The Labute approximate surface area is 203 Å². The summed E-state index contributed by atoms with van der Waals surface area (Å²) < 4.78 is 10.5. The van der Waals surface area contributed by atoms with E-state index in [4.69, 9.17) is 16.3 Å². The number of carbonyl (C=O) groups is 1. The molecule has 0 saturated carbocycles. The lowest BCUT2D eigenvalue weighted by molar-refractivity contribution is -0.143. The van der Waals surface area contributed by atoms with Gasteiger partial charge in [-0.3, -0.25) is 4.79 Å². The summed E-state index contributed by atoms with van der Waals surface area (Å²) in [5.41, 5.74) is 2.79. The molecule has 1 aliphatic carbocycles. The molecule has 0 radical (unpaired) electrons. The van der Waals surface area contributed by atoms with E-state index in [1.165, 1.54) is 22.0 Å². The van der Waals surface area contributed by atoms with E-state index in [1.54, 1.807) is 17.7 Å². The number of ether oxygens (including phenoxy) is 1. The lowest BCUT2D eigenvalue weighted by Crippen LogP contribution is -2.50. The lowest BCUT2D eigenvalue weighted by Gasteiger charge is -2.36. The summed E-state index contributed by atoms with van der Waals surface area (Å²) in [4.78, 5) is 26.4. The number of hydrogen-bond acceptors (Lipinski definition) is 9. The van der Waals surface area contributed by atoms with Gasteiger partial charge in [0, 0.05) is 17.3 Å². The second-order valence-corrected chi connectivity index (χ2v) is 10.8. The summed E-state index contributed by atoms with van der Waals surface area (Å²) in [5, 5.41) is 9.09. The molecule has 3 aromatic heterocycles. The van der Waals surface area contributed by atoms with Gasteiger partial charge >= 0.3 is 0 Å². The fraction of sp³-hybridized carbons (Fsp3) is 0.409. The highest BCUT2D eigenvalue weighted by molar-refractivity contribution is 7.19. The van der Waals surface area contributed by atoms with Crippen molar-refractivity contribution in [2.45, 2.75) is 32.2 Å². The van der Waals surface area contributed by atoms with Gasteiger partial charge in [-0.1, -0.05) is 16.1 Å². The van der Waals surface area contributed by atoms with E-state index in [9.17, 15) is 4.79 Å². The van der Waals surface area contributed by atoms with Crippen molar-refractivity contribution in [2.75, 3.05) is 25.1 Å². The second-order valence-electron chi connectivity index (χ2n) is 8.50. The average molecular weight is 501 g/mol. The number of thiophene rings is 1. The molecule has 2 atom stereocenters. The topological polar surface area (TPSA) is 93.1 Å². The molecule has 0 bridgehead atoms. The van der Waals surface area contributed by atoms with Crippen molar-refractivity contribution in [3.63, 3.8) is 0 Å². The fourth-order valence-electron chi connectivity index (χ4n) is 4.73. The molecule has 8 nitrogen and oxygen atoms in total. The van der Waals surface area contributed by atoms with E-state index < -0.39 is 0 Å². The first-order chi connectivity index (χ1) is 16.1. The first-order valence-corrected chi connectivity index (χ1v) is 12.9. The molecule has 0 spiro atoms. The zero-order valence-corrected chi connectivity index (χ0v) is 20.3. The predicted molar refractivity (Wildman–Crippen MR) is 131 cm³/mol. The molecular formula is C22H21ClN6O2S2. The summed E-state index contributed by atoms with van der Waals surface area (Å²) in [6, 6.07) is 3.90. The van der Waals surface area contributed by atoms with Crippen LogP contribution in [-0.4, -0.2) is 56.2 Å². The average Bonchev–Trinajstić information content (AvgIpc) is 3.42. The fourth-order valence-corrected chi connectivity index (χ4v) is 6.78. The minimum atomic E-state index is 0.00570. The SMILES string of the molecule is C[C@@H]1COCCN1C(=O)[C@H]1CCc2c(sc3ncnc(Nc4cc5snnc5cc4Cl)c23)C1. The third-order valence-electron chi connectivity index (χ3n) is 6.43. The number of carbonyl (C=O) groups excluding carboxylic acids is 1. The number of aromatic nitrogens is 4. The summed E-state index contributed by atoms with van der Waals surface area (Å²) in [6.45, 7) is 3.97. The van der Waals surface area contributed by atoms with Crippen LogP contribution in [0, 0.1) is 5.92 Å². The van der Waals surface area contributed by atoms with E-state index in [0.717, 1.165) is 51.2 Å². The van der Waals surface area contributed by atoms with Crippen LogP contribution in [0.25, 0.3) is 20.4 Å². The van der Waals surface area contributed by atoms with Crippen LogP contribution < -0.4 is 5.32 Å². The quantitative estimate of drug-likeness (QED) is 0.444. The molecule has 4 aromatic rings. The van der Waals surface area contributed by atoms with Gasteiger partial charge in [-0.2, -0.15) is 0 Å². The maximum absolute atomic E-state index is 13.2. The molecule has 4 heterocycles. The van der Waals surface area contributed by atoms with Gasteiger partial charge in [0.25, 0.3) is 0 Å². The zero-order chi connectivity index (χ0) is 22.5. The smallest absolute Gasteiger partial charge is 0.226 e. The van der Waals surface area contributed by atoms with E-state index >= 15 is 0 Å². The Balaban J connectivity index is 1.31. The number of anilines is 2. The second kappa shape index (κ2) is 8.43. The Morgan fingerprint density at radius 2 is 2.24 bits per heavy atom. The highest BCUT2D eigenvalue weighted by Crippen LogP contribution is 2.41. The molecule has 1 N–H and O–H groups in total. The van der Waals surface area contributed by atoms with E-state index in [1.807, 2.05) is 17.0 Å². The monoisotopic (exact) mass is 500 g/mol. The van der Waals surface area contributed by atoms with Gasteiger partial charge in [0.1, 0.15) is 22.5 Å². The minimum Gasteiger partial charge on any atom is -0.377 e. The molecule has 1 amide bonds. The molecule has 1 aromatic carbocycles. The normalized spacial score (nSPS) is 20.8. The largest absolute Gasteiger partial charge is 0.377 e. The Bertz CT molecular complexity index is 1370. The van der Waals surface area contributed by atoms with Crippen LogP contribution in [-0.2, 0) is 22.4 Å². The summed E-state index contributed by atoms with van der Waals surface area (Å²) in [7, 11) is 0. The molecule has 1 aliphatic heterocycles. The van der Waals surface area contributed by atoms with Crippen LogP contribution in [0.15, 0.2) is 18.5 Å². The number of aryl methyl sites for hydroxylation is 1. The molecule has 6 rings (SSSR count). The third kappa shape index (κ3) is 3.74. The molecule has 33 heavy (non-hydrogen) atoms. The van der Waals surface area contributed by atoms with Gasteiger partial charge in [0.2, 0.25) is 5.91 Å². The number of fused-ring (bicyclic) bond motifs is 4. The van der Waals surface area contributed by atoms with Gasteiger partial charge in [0.15, 0.2) is 0 Å². The Kier molecular flexibility index (Phi) is 5.40.